The fourth-order valence-corrected chi connectivity index (χ4v) is 10.8. The third-order valence-electron chi connectivity index (χ3n) is 10.4. The Labute approximate surface area is 274 Å². The van der Waals surface area contributed by atoms with E-state index in [1.165, 1.54) is 4.68 Å². The van der Waals surface area contributed by atoms with E-state index in [4.69, 9.17) is 4.74 Å². The largest absolute Gasteiger partial charge is 0.432 e. The first kappa shape index (κ1) is 31.4. The van der Waals surface area contributed by atoms with Gasteiger partial charge in [0.1, 0.15) is 0 Å². The predicted molar refractivity (Wildman–Crippen MR) is 181 cm³/mol. The fourth-order valence-electron chi connectivity index (χ4n) is 8.23. The highest BCUT2D eigenvalue weighted by atomic mass is 28.4. The lowest BCUT2D eigenvalue weighted by Crippen LogP contribution is -2.46. The van der Waals surface area contributed by atoms with Gasteiger partial charge in [-0.3, -0.25) is 14.4 Å². The minimum atomic E-state index is -2.93. The lowest BCUT2D eigenvalue weighted by Gasteiger charge is -2.32. The number of fused-ring (bicyclic) bond motifs is 3. The Hall–Kier alpha value is -4.16. The number of anilines is 1. The highest BCUT2D eigenvalue weighted by Gasteiger charge is 2.66. The molecule has 0 unspecified atom stereocenters. The fraction of sp³-hybridized carbons (Fsp3) is 0.389. The molecule has 2 fully saturated rings. The number of nitrogens with zero attached hydrogens (tertiary/aromatic N) is 4. The van der Waals surface area contributed by atoms with Crippen molar-refractivity contribution in [2.45, 2.75) is 69.1 Å². The van der Waals surface area contributed by atoms with Gasteiger partial charge in [-0.1, -0.05) is 55.5 Å². The molecule has 2 saturated heterocycles. The van der Waals surface area contributed by atoms with Crippen molar-refractivity contribution >= 4 is 36.6 Å². The van der Waals surface area contributed by atoms with E-state index in [-0.39, 0.29) is 54.4 Å². The molecule has 7 rings (SSSR count). The van der Waals surface area contributed by atoms with Crippen molar-refractivity contribution < 1.29 is 24.2 Å². The molecule has 0 saturated carbocycles. The number of benzene rings is 3. The van der Waals surface area contributed by atoms with Gasteiger partial charge >= 0.3 is 0 Å². The lowest BCUT2D eigenvalue weighted by atomic mass is 9.82. The first-order valence-electron chi connectivity index (χ1n) is 16.3. The molecule has 1 aromatic heterocycles. The summed E-state index contributed by atoms with van der Waals surface area (Å²) in [4.78, 5) is 56.4. The monoisotopic (exact) mass is 652 g/mol. The molecule has 2 N–H and O–H groups in total. The van der Waals surface area contributed by atoms with Gasteiger partial charge in [-0.15, -0.1) is 0 Å². The minimum Gasteiger partial charge on any atom is -0.432 e. The molecule has 3 aromatic carbocycles. The summed E-state index contributed by atoms with van der Waals surface area (Å²) in [5.74, 6) is -0.712. The molecular weight excluding hydrogens is 613 g/mol. The Kier molecular flexibility index (Phi) is 7.90. The van der Waals surface area contributed by atoms with Gasteiger partial charge < -0.3 is 24.4 Å². The third-order valence-corrected chi connectivity index (χ3v) is 12.9. The molecule has 0 bridgehead atoms. The Morgan fingerprint density at radius 1 is 1.04 bits per heavy atom. The van der Waals surface area contributed by atoms with E-state index in [9.17, 15) is 24.3 Å². The van der Waals surface area contributed by atoms with Crippen LogP contribution in [0.4, 0.5) is 5.69 Å². The average molecular weight is 653 g/mol. The van der Waals surface area contributed by atoms with Gasteiger partial charge in [0.2, 0.25) is 5.91 Å². The van der Waals surface area contributed by atoms with Gasteiger partial charge in [0.05, 0.1) is 54.7 Å². The number of likely N-dealkylation sites (tertiary alicyclic amines) is 1. The van der Waals surface area contributed by atoms with Crippen molar-refractivity contribution in [1.29, 1.82) is 0 Å². The van der Waals surface area contributed by atoms with Gasteiger partial charge in [-0.2, -0.15) is 9.78 Å². The zero-order valence-corrected chi connectivity index (χ0v) is 27.9. The lowest BCUT2D eigenvalue weighted by molar-refractivity contribution is -0.150. The van der Waals surface area contributed by atoms with Crippen LogP contribution in [-0.4, -0.2) is 70.0 Å². The number of hydrogen-bond acceptors (Lipinski definition) is 7. The summed E-state index contributed by atoms with van der Waals surface area (Å²) < 4.78 is 8.19. The van der Waals surface area contributed by atoms with E-state index in [0.29, 0.717) is 17.6 Å². The number of amides is 2. The molecule has 5 atom stereocenters. The van der Waals surface area contributed by atoms with Crippen molar-refractivity contribution in [2.24, 2.45) is 5.92 Å². The van der Waals surface area contributed by atoms with E-state index in [1.807, 2.05) is 86.7 Å². The van der Waals surface area contributed by atoms with Crippen LogP contribution in [0.1, 0.15) is 37.3 Å². The molecule has 0 aliphatic carbocycles. The molecule has 10 nitrogen and oxygen atoms in total. The Balaban J connectivity index is 1.19. The molecule has 0 radical (unpaired) electrons. The first-order chi connectivity index (χ1) is 22.5. The van der Waals surface area contributed by atoms with Gasteiger partial charge in [0.15, 0.2) is 13.9 Å². The maximum absolute atomic E-state index is 14.7. The van der Waals surface area contributed by atoms with Gasteiger partial charge in [-0.25, -0.2) is 0 Å². The molecular formula is C36H40N4O6Si. The van der Waals surface area contributed by atoms with Crippen LogP contribution in [0, 0.1) is 5.92 Å². The Morgan fingerprint density at radius 2 is 1.77 bits per heavy atom. The van der Waals surface area contributed by atoms with Crippen LogP contribution < -0.4 is 10.5 Å². The van der Waals surface area contributed by atoms with Crippen LogP contribution in [0.2, 0.25) is 18.6 Å². The van der Waals surface area contributed by atoms with Crippen molar-refractivity contribution in [3.8, 4) is 5.69 Å². The van der Waals surface area contributed by atoms with Crippen LogP contribution in [0.25, 0.3) is 16.5 Å². The van der Waals surface area contributed by atoms with E-state index < -0.39 is 20.0 Å². The maximum atomic E-state index is 14.7. The van der Waals surface area contributed by atoms with Gasteiger partial charge in [-0.05, 0) is 55.8 Å². The second kappa shape index (κ2) is 11.8. The zero-order valence-electron chi connectivity index (χ0n) is 26.9. The average Bonchev–Trinajstić information content (AvgIpc) is 3.72. The quantitative estimate of drug-likeness (QED) is 0.288. The number of hydrogen-bond donors (Lipinski definition) is 2. The van der Waals surface area contributed by atoms with Crippen LogP contribution in [0.5, 0.6) is 0 Å². The van der Waals surface area contributed by atoms with E-state index in [2.05, 4.69) is 5.10 Å². The van der Waals surface area contributed by atoms with Crippen LogP contribution in [0.3, 0.4) is 0 Å². The maximum Gasteiger partial charge on any atom is 0.279 e. The second-order valence-electron chi connectivity index (χ2n) is 13.7. The molecule has 1 spiro atoms. The summed E-state index contributed by atoms with van der Waals surface area (Å²) in [5, 5.41) is 15.6. The summed E-state index contributed by atoms with van der Waals surface area (Å²) in [6.45, 7) is 6.43. The third kappa shape index (κ3) is 5.12. The van der Waals surface area contributed by atoms with E-state index >= 15 is 0 Å². The number of ether oxygens (including phenoxy) is 1. The number of aliphatic hydroxyl groups is 1. The standard InChI is InChI=1S/C36H40N4O6Si/c1-23-33(47(2,3)45)31(19-32(42)38-18-8-10-27(38)22-41)46-36(23)29-12-6-7-13-30(29)39(35(36)44)21-24-14-16-26(17-15-24)40-34(43)28-11-5-4-9-25(28)20-37-40/h4-7,9,11-17,20,23,27,31,33,41,45H,8,10,18-19,21-22H2,1-3H3/t23-,27-,31+,33-,36+/m0/s1. The van der Waals surface area contributed by atoms with Gasteiger partial charge in [0.25, 0.3) is 11.5 Å². The van der Waals surface area contributed by atoms with Crippen LogP contribution >= 0.6 is 0 Å². The molecule has 11 heteroatoms. The predicted octanol–water partition coefficient (Wildman–Crippen LogP) is 4.10. The molecule has 244 valence electrons. The summed E-state index contributed by atoms with van der Waals surface area (Å²) >= 11 is 0. The summed E-state index contributed by atoms with van der Waals surface area (Å²) in [6.07, 6.45) is 2.67. The van der Waals surface area contributed by atoms with E-state index in [1.54, 1.807) is 22.1 Å². The smallest absolute Gasteiger partial charge is 0.279 e. The number of rotatable bonds is 7. The molecule has 4 heterocycles. The minimum absolute atomic E-state index is 0.0450. The van der Waals surface area contributed by atoms with Crippen molar-refractivity contribution in [2.75, 3.05) is 18.1 Å². The number of carbonyl (C=O) groups excluding carboxylic acids is 2. The molecule has 47 heavy (non-hydrogen) atoms. The van der Waals surface area contributed by atoms with Crippen LogP contribution in [0.15, 0.2) is 83.8 Å². The van der Waals surface area contributed by atoms with Crippen molar-refractivity contribution in [3.05, 3.63) is 100 Å². The van der Waals surface area contributed by atoms with Crippen LogP contribution in [-0.2, 0) is 26.5 Å². The summed E-state index contributed by atoms with van der Waals surface area (Å²) in [7, 11) is -2.93. The number of aliphatic hydroxyl groups excluding tert-OH is 1. The zero-order chi connectivity index (χ0) is 33.1. The summed E-state index contributed by atoms with van der Waals surface area (Å²) in [6, 6.07) is 22.2. The van der Waals surface area contributed by atoms with Crippen molar-refractivity contribution in [3.63, 3.8) is 0 Å². The first-order valence-corrected chi connectivity index (χ1v) is 19.4. The topological polar surface area (TPSA) is 125 Å². The second-order valence-corrected chi connectivity index (χ2v) is 17.6. The number of carbonyl (C=O) groups is 2. The van der Waals surface area contributed by atoms with E-state index in [0.717, 1.165) is 35.0 Å². The SMILES string of the molecule is C[C@H]1[C@H]([Si](C)(C)O)[C@@H](CC(=O)N2CCC[C@H]2CO)O[C@]12C(=O)N(Cc1ccc(-n3ncc4ccccc4c3=O)cc1)c1ccccc12. The molecule has 3 aliphatic heterocycles. The summed E-state index contributed by atoms with van der Waals surface area (Å²) in [5.41, 5.74) is 1.04. The number of para-hydroxylation sites is 1. The Morgan fingerprint density at radius 3 is 2.51 bits per heavy atom. The number of aromatic nitrogens is 2. The highest BCUT2D eigenvalue weighted by molar-refractivity contribution is 6.71. The molecule has 4 aromatic rings. The van der Waals surface area contributed by atoms with Gasteiger partial charge in [0, 0.05) is 29.0 Å². The normalized spacial score (nSPS) is 25.7. The van der Waals surface area contributed by atoms with Crippen molar-refractivity contribution in [1.82, 2.24) is 14.7 Å². The Bertz CT molecular complexity index is 1910. The molecule has 3 aliphatic rings. The highest BCUT2D eigenvalue weighted by Crippen LogP contribution is 2.59. The molecule has 2 amide bonds.